The molecule has 2 rings (SSSR count). The lowest BCUT2D eigenvalue weighted by atomic mass is 10.2. The van der Waals surface area contributed by atoms with Crippen molar-refractivity contribution in [2.45, 2.75) is 18.9 Å². The Labute approximate surface area is 109 Å². The molecule has 1 fully saturated rings. The summed E-state index contributed by atoms with van der Waals surface area (Å²) in [5.41, 5.74) is 0.444. The van der Waals surface area contributed by atoms with Crippen LogP contribution in [0.2, 0.25) is 0 Å². The van der Waals surface area contributed by atoms with Gasteiger partial charge in [-0.05, 0) is 37.1 Å². The molecule has 0 aliphatic carbocycles. The maximum absolute atomic E-state index is 12.7. The number of hydrogen-bond donors (Lipinski definition) is 1. The molecule has 6 heteroatoms. The highest BCUT2D eigenvalue weighted by molar-refractivity contribution is 5.93. The van der Waals surface area contributed by atoms with E-state index in [2.05, 4.69) is 5.32 Å². The number of rotatable bonds is 4. The zero-order chi connectivity index (χ0) is 13.7. The van der Waals surface area contributed by atoms with Gasteiger partial charge in [-0.1, -0.05) is 0 Å². The first-order chi connectivity index (χ1) is 9.15. The van der Waals surface area contributed by atoms with Gasteiger partial charge in [-0.15, -0.1) is 0 Å². The minimum absolute atomic E-state index is 0.379. The first-order valence-corrected chi connectivity index (χ1v) is 5.99. The summed E-state index contributed by atoms with van der Waals surface area (Å²) < 4.78 is 22.6. The van der Waals surface area contributed by atoms with Gasteiger partial charge in [0, 0.05) is 12.3 Å². The van der Waals surface area contributed by atoms with Crippen molar-refractivity contribution in [2.75, 3.05) is 18.5 Å². The van der Waals surface area contributed by atoms with Crippen LogP contribution >= 0.6 is 0 Å². The van der Waals surface area contributed by atoms with Gasteiger partial charge in [0.2, 0.25) is 0 Å². The molecule has 0 radical (unpaired) electrons. The minimum Gasteiger partial charge on any atom is -0.454 e. The Morgan fingerprint density at radius 3 is 2.74 bits per heavy atom. The van der Waals surface area contributed by atoms with Crippen molar-refractivity contribution in [1.29, 1.82) is 0 Å². The fraction of sp³-hybridized carbons (Fsp3) is 0.385. The van der Waals surface area contributed by atoms with Gasteiger partial charge in [0.15, 0.2) is 12.7 Å². The van der Waals surface area contributed by atoms with Gasteiger partial charge in [-0.2, -0.15) is 0 Å². The summed E-state index contributed by atoms with van der Waals surface area (Å²) in [6, 6.07) is 5.31. The van der Waals surface area contributed by atoms with Crippen molar-refractivity contribution >= 4 is 17.6 Å². The lowest BCUT2D eigenvalue weighted by Gasteiger charge is -2.09. The molecule has 1 aromatic rings. The fourth-order valence-corrected chi connectivity index (χ4v) is 1.72. The molecule has 0 saturated carbocycles. The van der Waals surface area contributed by atoms with Crippen molar-refractivity contribution in [3.05, 3.63) is 30.1 Å². The van der Waals surface area contributed by atoms with Gasteiger partial charge < -0.3 is 14.8 Å². The van der Waals surface area contributed by atoms with Crippen molar-refractivity contribution in [3.63, 3.8) is 0 Å². The topological polar surface area (TPSA) is 64.6 Å². The summed E-state index contributed by atoms with van der Waals surface area (Å²) in [6.45, 7) is 0.164. The van der Waals surface area contributed by atoms with E-state index in [0.717, 1.165) is 6.42 Å². The first kappa shape index (κ1) is 13.5. The number of carbonyl (C=O) groups is 2. The third-order valence-electron chi connectivity index (χ3n) is 2.67. The van der Waals surface area contributed by atoms with Crippen LogP contribution < -0.4 is 5.32 Å². The van der Waals surface area contributed by atoms with E-state index in [4.69, 9.17) is 9.47 Å². The molecule has 1 amide bonds. The Kier molecular flexibility index (Phi) is 4.46. The van der Waals surface area contributed by atoms with Crippen LogP contribution in [0.4, 0.5) is 10.1 Å². The average Bonchev–Trinajstić information content (AvgIpc) is 2.93. The zero-order valence-electron chi connectivity index (χ0n) is 10.2. The SMILES string of the molecule is O=C(COC(=O)[C@H]1CCCO1)Nc1ccc(F)cc1. The molecule has 19 heavy (non-hydrogen) atoms. The summed E-state index contributed by atoms with van der Waals surface area (Å²) in [7, 11) is 0. The number of anilines is 1. The van der Waals surface area contributed by atoms with E-state index in [1.165, 1.54) is 24.3 Å². The lowest BCUT2D eigenvalue weighted by Crippen LogP contribution is -2.27. The van der Waals surface area contributed by atoms with Gasteiger partial charge in [0.1, 0.15) is 5.82 Å². The quantitative estimate of drug-likeness (QED) is 0.839. The summed E-state index contributed by atoms with van der Waals surface area (Å²) in [4.78, 5) is 23.0. The van der Waals surface area contributed by atoms with Gasteiger partial charge in [-0.25, -0.2) is 9.18 Å². The highest BCUT2D eigenvalue weighted by atomic mass is 19.1. The molecule has 5 nitrogen and oxygen atoms in total. The van der Waals surface area contributed by atoms with Crippen LogP contribution in [0.15, 0.2) is 24.3 Å². The molecule has 1 aromatic carbocycles. The molecular weight excluding hydrogens is 253 g/mol. The van der Waals surface area contributed by atoms with Gasteiger partial charge in [-0.3, -0.25) is 4.79 Å². The lowest BCUT2D eigenvalue weighted by molar-refractivity contribution is -0.156. The molecule has 1 aliphatic heterocycles. The maximum Gasteiger partial charge on any atom is 0.335 e. The second kappa shape index (κ2) is 6.29. The Hall–Kier alpha value is -1.95. The number of hydrogen-bond acceptors (Lipinski definition) is 4. The second-order valence-corrected chi connectivity index (χ2v) is 4.16. The molecule has 0 unspecified atom stereocenters. The van der Waals surface area contributed by atoms with E-state index in [1.54, 1.807) is 0 Å². The molecule has 1 saturated heterocycles. The molecule has 1 heterocycles. The molecule has 1 N–H and O–H groups in total. The van der Waals surface area contributed by atoms with E-state index in [9.17, 15) is 14.0 Å². The van der Waals surface area contributed by atoms with E-state index >= 15 is 0 Å². The predicted molar refractivity (Wildman–Crippen MR) is 65.0 cm³/mol. The third kappa shape index (κ3) is 4.03. The molecule has 0 aromatic heterocycles. The van der Waals surface area contributed by atoms with Crippen LogP contribution in [-0.4, -0.2) is 31.2 Å². The van der Waals surface area contributed by atoms with Crippen LogP contribution in [0.3, 0.4) is 0 Å². The summed E-state index contributed by atoms with van der Waals surface area (Å²) in [5, 5.41) is 2.49. The van der Waals surface area contributed by atoms with Crippen molar-refractivity contribution in [2.24, 2.45) is 0 Å². The van der Waals surface area contributed by atoms with Crippen molar-refractivity contribution < 1.29 is 23.5 Å². The predicted octanol–water partition coefficient (Wildman–Crippen LogP) is 1.49. The number of esters is 1. The standard InChI is InChI=1S/C13H14FNO4/c14-9-3-5-10(6-4-9)15-12(16)8-19-13(17)11-2-1-7-18-11/h3-6,11H,1-2,7-8H2,(H,15,16)/t11-/m1/s1. The Balaban J connectivity index is 1.75. The van der Waals surface area contributed by atoms with E-state index in [-0.39, 0.29) is 12.4 Å². The number of nitrogens with one attached hydrogen (secondary N) is 1. The monoisotopic (exact) mass is 267 g/mol. The molecular formula is C13H14FNO4. The van der Waals surface area contributed by atoms with Crippen LogP contribution in [-0.2, 0) is 19.1 Å². The summed E-state index contributed by atoms with van der Waals surface area (Å²) >= 11 is 0. The second-order valence-electron chi connectivity index (χ2n) is 4.16. The van der Waals surface area contributed by atoms with Gasteiger partial charge in [0.05, 0.1) is 0 Å². The highest BCUT2D eigenvalue weighted by Crippen LogP contribution is 2.13. The normalized spacial score (nSPS) is 18.1. The van der Waals surface area contributed by atoms with Gasteiger partial charge >= 0.3 is 5.97 Å². The van der Waals surface area contributed by atoms with Crippen LogP contribution in [0.25, 0.3) is 0 Å². The Bertz CT molecular complexity index is 454. The van der Waals surface area contributed by atoms with Crippen molar-refractivity contribution in [1.82, 2.24) is 0 Å². The summed E-state index contributed by atoms with van der Waals surface area (Å²) in [5.74, 6) is -1.38. The number of benzene rings is 1. The van der Waals surface area contributed by atoms with Gasteiger partial charge in [0.25, 0.3) is 5.91 Å². The largest absolute Gasteiger partial charge is 0.454 e. The number of amides is 1. The molecule has 1 aliphatic rings. The molecule has 0 bridgehead atoms. The smallest absolute Gasteiger partial charge is 0.335 e. The van der Waals surface area contributed by atoms with Crippen LogP contribution in [0, 0.1) is 5.82 Å². The summed E-state index contributed by atoms with van der Waals surface area (Å²) in [6.07, 6.45) is 0.888. The highest BCUT2D eigenvalue weighted by Gasteiger charge is 2.25. The number of carbonyl (C=O) groups excluding carboxylic acids is 2. The Morgan fingerprint density at radius 2 is 2.11 bits per heavy atom. The van der Waals surface area contributed by atoms with Crippen LogP contribution in [0.1, 0.15) is 12.8 Å². The van der Waals surface area contributed by atoms with E-state index in [0.29, 0.717) is 18.7 Å². The third-order valence-corrected chi connectivity index (χ3v) is 2.67. The minimum atomic E-state index is -0.557. The average molecular weight is 267 g/mol. The Morgan fingerprint density at radius 1 is 1.37 bits per heavy atom. The fourth-order valence-electron chi connectivity index (χ4n) is 1.72. The maximum atomic E-state index is 12.7. The number of ether oxygens (including phenoxy) is 2. The molecule has 0 spiro atoms. The van der Waals surface area contributed by atoms with Crippen molar-refractivity contribution in [3.8, 4) is 0 Å². The molecule has 102 valence electrons. The van der Waals surface area contributed by atoms with E-state index < -0.39 is 18.0 Å². The molecule has 1 atom stereocenters. The van der Waals surface area contributed by atoms with E-state index in [1.807, 2.05) is 0 Å². The zero-order valence-corrected chi connectivity index (χ0v) is 10.2. The number of halogens is 1. The first-order valence-electron chi connectivity index (χ1n) is 5.99. The van der Waals surface area contributed by atoms with Crippen LogP contribution in [0.5, 0.6) is 0 Å².